The second-order valence-electron chi connectivity index (χ2n) is 6.88. The van der Waals surface area contributed by atoms with Crippen LogP contribution in [0.4, 0.5) is 0 Å². The Hall–Kier alpha value is -3.32. The molecule has 2 aromatic carbocycles. The largest absolute Gasteiger partial charge is 0.349 e. The number of aromatic nitrogens is 1. The number of hydrogen-bond donors (Lipinski definition) is 1. The molecule has 3 aromatic rings. The number of nitrogens with zero attached hydrogens (tertiary/aromatic N) is 2. The van der Waals surface area contributed by atoms with Crippen molar-refractivity contribution in [2.45, 2.75) is 26.4 Å². The van der Waals surface area contributed by atoms with Crippen LogP contribution in [-0.2, 0) is 11.3 Å². The molecule has 1 aliphatic heterocycles. The number of nitrogens with one attached hydrogen (secondary N) is 1. The number of fused-ring (bicyclic) bond motifs is 1. The van der Waals surface area contributed by atoms with E-state index in [1.165, 1.54) is 11.3 Å². The smallest absolute Gasteiger partial charge is 0.262 e. The van der Waals surface area contributed by atoms with Gasteiger partial charge in [-0.3, -0.25) is 19.3 Å². The van der Waals surface area contributed by atoms with Crippen molar-refractivity contribution in [1.82, 2.24) is 15.2 Å². The molecule has 6 nitrogen and oxygen atoms in total. The highest BCUT2D eigenvalue weighted by atomic mass is 32.1. The lowest BCUT2D eigenvalue weighted by Crippen LogP contribution is -2.47. The Kier molecular flexibility index (Phi) is 4.98. The number of carbonyl (C=O) groups excluding carboxylic acids is 3. The number of amides is 3. The summed E-state index contributed by atoms with van der Waals surface area (Å²) in [6.07, 6.45) is 0. The molecular formula is C22H19N3O3S. The summed E-state index contributed by atoms with van der Waals surface area (Å²) in [6.45, 7) is 3.81. The van der Waals surface area contributed by atoms with E-state index in [4.69, 9.17) is 0 Å². The monoisotopic (exact) mass is 405 g/mol. The number of benzene rings is 2. The van der Waals surface area contributed by atoms with E-state index in [1.807, 2.05) is 36.6 Å². The summed E-state index contributed by atoms with van der Waals surface area (Å²) in [7, 11) is 0. The summed E-state index contributed by atoms with van der Waals surface area (Å²) in [5.41, 5.74) is 3.60. The molecule has 0 radical (unpaired) electrons. The van der Waals surface area contributed by atoms with Crippen LogP contribution in [0.1, 0.15) is 38.9 Å². The molecule has 0 aliphatic carbocycles. The van der Waals surface area contributed by atoms with Crippen LogP contribution >= 0.6 is 11.3 Å². The van der Waals surface area contributed by atoms with E-state index in [2.05, 4.69) is 10.3 Å². The number of hydrogen-bond acceptors (Lipinski definition) is 5. The van der Waals surface area contributed by atoms with Crippen LogP contribution in [0.5, 0.6) is 0 Å². The van der Waals surface area contributed by atoms with Crippen molar-refractivity contribution in [1.29, 1.82) is 0 Å². The molecular weight excluding hydrogens is 386 g/mol. The average molecular weight is 405 g/mol. The predicted octanol–water partition coefficient (Wildman–Crippen LogP) is 3.42. The maximum Gasteiger partial charge on any atom is 0.262 e. The van der Waals surface area contributed by atoms with Crippen molar-refractivity contribution in [2.75, 3.05) is 0 Å². The van der Waals surface area contributed by atoms with Gasteiger partial charge in [0.1, 0.15) is 11.0 Å². The van der Waals surface area contributed by atoms with E-state index in [0.717, 1.165) is 26.7 Å². The Morgan fingerprint density at radius 3 is 2.24 bits per heavy atom. The van der Waals surface area contributed by atoms with Crippen LogP contribution in [0.3, 0.4) is 0 Å². The Balaban J connectivity index is 1.43. The van der Waals surface area contributed by atoms with E-state index in [9.17, 15) is 14.4 Å². The van der Waals surface area contributed by atoms with Crippen molar-refractivity contribution >= 4 is 29.1 Å². The fraction of sp³-hybridized carbons (Fsp3) is 0.182. The third-order valence-electron chi connectivity index (χ3n) is 4.96. The van der Waals surface area contributed by atoms with Crippen LogP contribution < -0.4 is 5.32 Å². The third-order valence-corrected chi connectivity index (χ3v) is 5.89. The summed E-state index contributed by atoms with van der Waals surface area (Å²) in [5.74, 6) is -1.28. The lowest BCUT2D eigenvalue weighted by atomic mass is 10.1. The first-order valence-corrected chi connectivity index (χ1v) is 10.1. The molecule has 0 spiro atoms. The van der Waals surface area contributed by atoms with Gasteiger partial charge in [0.2, 0.25) is 5.91 Å². The molecule has 146 valence electrons. The molecule has 0 saturated heterocycles. The molecule has 1 N–H and O–H groups in total. The van der Waals surface area contributed by atoms with Crippen LogP contribution in [0.15, 0.2) is 53.9 Å². The molecule has 3 amide bonds. The SMILES string of the molecule is Cc1ccccc1-c1nc(CNC(=O)C(C)N2C(=O)c3ccccc3C2=O)cs1. The van der Waals surface area contributed by atoms with Crippen molar-refractivity contribution in [3.05, 3.63) is 76.3 Å². The topological polar surface area (TPSA) is 79.4 Å². The summed E-state index contributed by atoms with van der Waals surface area (Å²) in [6, 6.07) is 13.7. The third kappa shape index (κ3) is 3.45. The zero-order valence-corrected chi connectivity index (χ0v) is 16.8. The Morgan fingerprint density at radius 1 is 1.03 bits per heavy atom. The fourth-order valence-electron chi connectivity index (χ4n) is 3.33. The number of rotatable bonds is 5. The summed E-state index contributed by atoms with van der Waals surface area (Å²) >= 11 is 1.51. The van der Waals surface area contributed by atoms with Gasteiger partial charge < -0.3 is 5.32 Å². The maximum absolute atomic E-state index is 12.6. The van der Waals surface area contributed by atoms with E-state index in [0.29, 0.717) is 11.1 Å². The minimum atomic E-state index is -0.906. The van der Waals surface area contributed by atoms with E-state index >= 15 is 0 Å². The molecule has 1 atom stereocenters. The Bertz CT molecular complexity index is 1090. The first-order valence-electron chi connectivity index (χ1n) is 9.22. The number of thiazole rings is 1. The van der Waals surface area contributed by atoms with Gasteiger partial charge in [0.15, 0.2) is 0 Å². The van der Waals surface area contributed by atoms with Crippen LogP contribution in [-0.4, -0.2) is 33.6 Å². The summed E-state index contributed by atoms with van der Waals surface area (Å²) in [4.78, 5) is 43.3. The molecule has 2 heterocycles. The van der Waals surface area contributed by atoms with Gasteiger partial charge in [-0.1, -0.05) is 36.4 Å². The molecule has 7 heteroatoms. The Labute approximate surface area is 172 Å². The van der Waals surface area contributed by atoms with Gasteiger partial charge in [0.05, 0.1) is 23.4 Å². The number of imide groups is 1. The fourth-order valence-corrected chi connectivity index (χ4v) is 4.24. The molecule has 1 aliphatic rings. The maximum atomic E-state index is 12.6. The normalized spacial score (nSPS) is 14.1. The first kappa shape index (κ1) is 19.0. The van der Waals surface area contributed by atoms with E-state index in [-0.39, 0.29) is 6.54 Å². The predicted molar refractivity (Wildman–Crippen MR) is 111 cm³/mol. The number of aryl methyl sites for hydroxylation is 1. The highest BCUT2D eigenvalue weighted by molar-refractivity contribution is 7.13. The van der Waals surface area contributed by atoms with Crippen molar-refractivity contribution in [2.24, 2.45) is 0 Å². The van der Waals surface area contributed by atoms with Gasteiger partial charge in [0, 0.05) is 10.9 Å². The lowest BCUT2D eigenvalue weighted by molar-refractivity contribution is -0.124. The van der Waals surface area contributed by atoms with Gasteiger partial charge in [-0.15, -0.1) is 11.3 Å². The highest BCUT2D eigenvalue weighted by Crippen LogP contribution is 2.27. The van der Waals surface area contributed by atoms with Gasteiger partial charge in [-0.2, -0.15) is 0 Å². The Morgan fingerprint density at radius 2 is 1.62 bits per heavy atom. The first-order chi connectivity index (χ1) is 14.0. The molecule has 1 aromatic heterocycles. The van der Waals surface area contributed by atoms with Gasteiger partial charge >= 0.3 is 0 Å². The van der Waals surface area contributed by atoms with Crippen LogP contribution in [0.2, 0.25) is 0 Å². The van der Waals surface area contributed by atoms with E-state index in [1.54, 1.807) is 31.2 Å². The van der Waals surface area contributed by atoms with Gasteiger partial charge in [-0.05, 0) is 31.5 Å². The zero-order chi connectivity index (χ0) is 20.5. The van der Waals surface area contributed by atoms with Gasteiger partial charge in [0.25, 0.3) is 11.8 Å². The quantitative estimate of drug-likeness (QED) is 0.660. The molecule has 1 unspecified atom stereocenters. The molecule has 4 rings (SSSR count). The average Bonchev–Trinajstić information content (AvgIpc) is 3.29. The van der Waals surface area contributed by atoms with Crippen molar-refractivity contribution in [3.63, 3.8) is 0 Å². The van der Waals surface area contributed by atoms with Crippen LogP contribution in [0, 0.1) is 6.92 Å². The molecule has 0 saturated carbocycles. The van der Waals surface area contributed by atoms with E-state index < -0.39 is 23.8 Å². The molecule has 29 heavy (non-hydrogen) atoms. The lowest BCUT2D eigenvalue weighted by Gasteiger charge is -2.21. The van der Waals surface area contributed by atoms with Crippen LogP contribution in [0.25, 0.3) is 10.6 Å². The van der Waals surface area contributed by atoms with Crippen molar-refractivity contribution in [3.8, 4) is 10.6 Å². The second kappa shape index (κ2) is 7.60. The highest BCUT2D eigenvalue weighted by Gasteiger charge is 2.40. The van der Waals surface area contributed by atoms with Gasteiger partial charge in [-0.25, -0.2) is 4.98 Å². The second-order valence-corrected chi connectivity index (χ2v) is 7.74. The van der Waals surface area contributed by atoms with Crippen molar-refractivity contribution < 1.29 is 14.4 Å². The molecule has 0 fully saturated rings. The summed E-state index contributed by atoms with van der Waals surface area (Å²) < 4.78 is 0. The number of carbonyl (C=O) groups is 3. The minimum Gasteiger partial charge on any atom is -0.349 e. The molecule has 0 bridgehead atoms. The standard InChI is InChI=1S/C22H19N3O3S/c1-13-7-3-4-8-16(13)20-24-15(12-29-20)11-23-19(26)14(2)25-21(27)17-9-5-6-10-18(17)22(25)28/h3-10,12,14H,11H2,1-2H3,(H,23,26). The zero-order valence-electron chi connectivity index (χ0n) is 16.0. The minimum absolute atomic E-state index is 0.231. The summed E-state index contributed by atoms with van der Waals surface area (Å²) in [5, 5.41) is 5.57.